The minimum atomic E-state index is 0.0208. The first-order valence-electron chi connectivity index (χ1n) is 8.55. The van der Waals surface area contributed by atoms with E-state index in [1.54, 1.807) is 0 Å². The minimum absolute atomic E-state index is 0.0208. The highest BCUT2D eigenvalue weighted by Crippen LogP contribution is 2.38. The van der Waals surface area contributed by atoms with Crippen LogP contribution in [-0.2, 0) is 17.8 Å². The molecule has 1 fully saturated rings. The fourth-order valence-corrected chi connectivity index (χ4v) is 3.66. The maximum atomic E-state index is 12.3. The predicted octanol–water partition coefficient (Wildman–Crippen LogP) is 2.21. The van der Waals surface area contributed by atoms with E-state index in [9.17, 15) is 4.79 Å². The van der Waals surface area contributed by atoms with Crippen LogP contribution in [-0.4, -0.2) is 39.3 Å². The number of ether oxygens (including phenoxy) is 2. The van der Waals surface area contributed by atoms with E-state index in [-0.39, 0.29) is 18.1 Å². The Balaban J connectivity index is 1.48. The molecule has 0 aliphatic carbocycles. The lowest BCUT2D eigenvalue weighted by Gasteiger charge is -2.40. The van der Waals surface area contributed by atoms with Crippen LogP contribution in [0.2, 0.25) is 0 Å². The molecule has 0 saturated carbocycles. The summed E-state index contributed by atoms with van der Waals surface area (Å²) in [5.74, 6) is 3.21. The smallest absolute Gasteiger partial charge is 0.231 e. The number of amides is 1. The van der Waals surface area contributed by atoms with Crippen molar-refractivity contribution in [1.82, 2.24) is 20.1 Å². The number of aromatic nitrogens is 3. The van der Waals surface area contributed by atoms with Gasteiger partial charge in [-0.1, -0.05) is 13.0 Å². The van der Waals surface area contributed by atoms with Crippen LogP contribution in [0.1, 0.15) is 37.0 Å². The third-order valence-electron chi connectivity index (χ3n) is 4.91. The highest BCUT2D eigenvalue weighted by Gasteiger charge is 2.35. The summed E-state index contributed by atoms with van der Waals surface area (Å²) < 4.78 is 10.9. The number of carbonyl (C=O) groups excluding carboxylic acids is 1. The normalized spacial score (nSPS) is 22.5. The molecule has 0 radical (unpaired) electrons. The van der Waals surface area contributed by atoms with Gasteiger partial charge in [-0.15, -0.1) is 0 Å². The fraction of sp³-hybridized carbons (Fsp3) is 0.500. The summed E-state index contributed by atoms with van der Waals surface area (Å²) in [5.41, 5.74) is 1.22. The minimum Gasteiger partial charge on any atom is -0.454 e. The summed E-state index contributed by atoms with van der Waals surface area (Å²) in [6, 6.07) is 6.09. The van der Waals surface area contributed by atoms with Crippen LogP contribution in [0.4, 0.5) is 0 Å². The molecule has 2 aliphatic heterocycles. The van der Waals surface area contributed by atoms with Crippen molar-refractivity contribution in [2.24, 2.45) is 5.41 Å². The number of fused-ring (bicyclic) bond motifs is 1. The molecule has 1 atom stereocenters. The van der Waals surface area contributed by atoms with Crippen molar-refractivity contribution in [3.63, 3.8) is 0 Å². The van der Waals surface area contributed by atoms with Crippen LogP contribution < -0.4 is 9.47 Å². The SMILES string of the molecule is Cc1nc(CN2CC(C)(Cc3ccc4c(c3)OCO4)CCC2=O)n[nH]1. The van der Waals surface area contributed by atoms with Crippen molar-refractivity contribution in [1.29, 1.82) is 0 Å². The molecule has 7 nitrogen and oxygen atoms in total. The molecule has 1 amide bonds. The molecule has 1 aromatic heterocycles. The molecular formula is C18H22N4O3. The van der Waals surface area contributed by atoms with E-state index in [0.29, 0.717) is 25.3 Å². The highest BCUT2D eigenvalue weighted by molar-refractivity contribution is 5.77. The van der Waals surface area contributed by atoms with Gasteiger partial charge in [0.1, 0.15) is 5.82 Å². The zero-order valence-corrected chi connectivity index (χ0v) is 14.5. The van der Waals surface area contributed by atoms with Gasteiger partial charge in [0.05, 0.1) is 6.54 Å². The maximum Gasteiger partial charge on any atom is 0.231 e. The Morgan fingerprint density at radius 1 is 1.32 bits per heavy atom. The standard InChI is InChI=1S/C18H22N4O3/c1-12-19-16(21-20-12)9-22-10-18(2,6-5-17(22)23)8-13-3-4-14-15(7-13)25-11-24-14/h3-4,7H,5-6,8-11H2,1-2H3,(H,19,20,21). The number of aryl methyl sites for hydroxylation is 1. The Labute approximate surface area is 146 Å². The van der Waals surface area contributed by atoms with Gasteiger partial charge in [-0.3, -0.25) is 9.89 Å². The van der Waals surface area contributed by atoms with Crippen molar-refractivity contribution in [3.8, 4) is 11.5 Å². The van der Waals surface area contributed by atoms with Gasteiger partial charge < -0.3 is 14.4 Å². The van der Waals surface area contributed by atoms with Crippen molar-refractivity contribution in [3.05, 3.63) is 35.4 Å². The molecule has 7 heteroatoms. The van der Waals surface area contributed by atoms with Gasteiger partial charge in [-0.05, 0) is 42.9 Å². The van der Waals surface area contributed by atoms with Gasteiger partial charge in [-0.2, -0.15) is 5.10 Å². The fourth-order valence-electron chi connectivity index (χ4n) is 3.66. The van der Waals surface area contributed by atoms with Gasteiger partial charge in [-0.25, -0.2) is 4.98 Å². The molecule has 1 saturated heterocycles. The third-order valence-corrected chi connectivity index (χ3v) is 4.91. The van der Waals surface area contributed by atoms with Gasteiger partial charge in [0.15, 0.2) is 17.3 Å². The van der Waals surface area contributed by atoms with Crippen molar-refractivity contribution < 1.29 is 14.3 Å². The zero-order chi connectivity index (χ0) is 17.4. The maximum absolute atomic E-state index is 12.3. The number of nitrogens with zero attached hydrogens (tertiary/aromatic N) is 3. The number of aromatic amines is 1. The predicted molar refractivity (Wildman–Crippen MR) is 90.1 cm³/mol. The van der Waals surface area contributed by atoms with Gasteiger partial charge in [0.25, 0.3) is 0 Å². The number of hydrogen-bond acceptors (Lipinski definition) is 5. The summed E-state index contributed by atoms with van der Waals surface area (Å²) in [7, 11) is 0. The van der Waals surface area contributed by atoms with E-state index >= 15 is 0 Å². The average Bonchev–Trinajstić information content (AvgIpc) is 3.19. The first kappa shape index (κ1) is 15.9. The quantitative estimate of drug-likeness (QED) is 0.921. The van der Waals surface area contributed by atoms with Gasteiger partial charge in [0, 0.05) is 13.0 Å². The average molecular weight is 342 g/mol. The van der Waals surface area contributed by atoms with Crippen LogP contribution >= 0.6 is 0 Å². The summed E-state index contributed by atoms with van der Waals surface area (Å²) in [4.78, 5) is 18.5. The lowest BCUT2D eigenvalue weighted by Crippen LogP contribution is -2.45. The van der Waals surface area contributed by atoms with E-state index in [1.165, 1.54) is 5.56 Å². The molecular weight excluding hydrogens is 320 g/mol. The highest BCUT2D eigenvalue weighted by atomic mass is 16.7. The number of piperidine rings is 1. The molecule has 2 aromatic rings. The topological polar surface area (TPSA) is 80.3 Å². The Bertz CT molecular complexity index is 803. The number of rotatable bonds is 4. The lowest BCUT2D eigenvalue weighted by molar-refractivity contribution is -0.138. The second kappa shape index (κ2) is 6.06. The number of benzene rings is 1. The van der Waals surface area contributed by atoms with Crippen molar-refractivity contribution in [2.75, 3.05) is 13.3 Å². The lowest BCUT2D eigenvalue weighted by atomic mass is 9.76. The largest absolute Gasteiger partial charge is 0.454 e. The van der Waals surface area contributed by atoms with Crippen molar-refractivity contribution in [2.45, 2.75) is 39.7 Å². The second-order valence-electron chi connectivity index (χ2n) is 7.26. The summed E-state index contributed by atoms with van der Waals surface area (Å²) in [6.07, 6.45) is 2.33. The van der Waals surface area contributed by atoms with Crippen LogP contribution in [0.3, 0.4) is 0 Å². The van der Waals surface area contributed by atoms with E-state index < -0.39 is 0 Å². The van der Waals surface area contributed by atoms with Crippen LogP contribution in [0, 0.1) is 12.3 Å². The molecule has 0 bridgehead atoms. The Kier molecular flexibility index (Phi) is 3.86. The molecule has 1 N–H and O–H groups in total. The number of H-pyrrole nitrogens is 1. The van der Waals surface area contributed by atoms with E-state index in [1.807, 2.05) is 24.0 Å². The molecule has 25 heavy (non-hydrogen) atoms. The molecule has 0 spiro atoms. The Hall–Kier alpha value is -2.57. The van der Waals surface area contributed by atoms with Gasteiger partial charge >= 0.3 is 0 Å². The molecule has 2 aliphatic rings. The zero-order valence-electron chi connectivity index (χ0n) is 14.5. The summed E-state index contributed by atoms with van der Waals surface area (Å²) in [5, 5.41) is 6.99. The molecule has 1 unspecified atom stereocenters. The number of nitrogens with one attached hydrogen (secondary N) is 1. The Morgan fingerprint density at radius 3 is 2.96 bits per heavy atom. The van der Waals surface area contributed by atoms with Gasteiger partial charge in [0.2, 0.25) is 12.7 Å². The molecule has 132 valence electrons. The molecule has 3 heterocycles. The molecule has 4 rings (SSSR count). The van der Waals surface area contributed by atoms with E-state index in [0.717, 1.165) is 30.2 Å². The van der Waals surface area contributed by atoms with Crippen LogP contribution in [0.15, 0.2) is 18.2 Å². The first-order chi connectivity index (χ1) is 12.0. The second-order valence-corrected chi connectivity index (χ2v) is 7.26. The number of likely N-dealkylation sites (tertiary alicyclic amines) is 1. The summed E-state index contributed by atoms with van der Waals surface area (Å²) in [6.45, 7) is 5.54. The van der Waals surface area contributed by atoms with E-state index in [2.05, 4.69) is 28.2 Å². The number of hydrogen-bond donors (Lipinski definition) is 1. The summed E-state index contributed by atoms with van der Waals surface area (Å²) >= 11 is 0. The molecule has 1 aromatic carbocycles. The van der Waals surface area contributed by atoms with Crippen molar-refractivity contribution >= 4 is 5.91 Å². The van der Waals surface area contributed by atoms with Crippen LogP contribution in [0.25, 0.3) is 0 Å². The number of carbonyl (C=O) groups is 1. The Morgan fingerprint density at radius 2 is 2.16 bits per heavy atom. The van der Waals surface area contributed by atoms with Crippen LogP contribution in [0.5, 0.6) is 11.5 Å². The first-order valence-corrected chi connectivity index (χ1v) is 8.55. The van der Waals surface area contributed by atoms with E-state index in [4.69, 9.17) is 9.47 Å². The monoisotopic (exact) mass is 342 g/mol. The third kappa shape index (κ3) is 3.31.